The summed E-state index contributed by atoms with van der Waals surface area (Å²) >= 11 is 0. The van der Waals surface area contributed by atoms with Gasteiger partial charge in [0.15, 0.2) is 6.10 Å². The van der Waals surface area contributed by atoms with E-state index in [1.54, 1.807) is 43.3 Å². The Morgan fingerprint density at radius 1 is 1.23 bits per heavy atom. The van der Waals surface area contributed by atoms with Gasteiger partial charge in [0.05, 0.1) is 0 Å². The minimum Gasteiger partial charge on any atom is -0.451 e. The van der Waals surface area contributed by atoms with Crippen LogP contribution in [0.15, 0.2) is 24.3 Å². The molecule has 1 aliphatic rings. The zero-order valence-electron chi connectivity index (χ0n) is 15.2. The molecule has 1 aromatic carbocycles. The summed E-state index contributed by atoms with van der Waals surface area (Å²) in [7, 11) is 3.13. The summed E-state index contributed by atoms with van der Waals surface area (Å²) in [6.07, 6.45) is 0.462. The zero-order chi connectivity index (χ0) is 19.3. The Hall–Kier alpha value is -2.90. The molecule has 8 heteroatoms. The van der Waals surface area contributed by atoms with Crippen LogP contribution in [0.5, 0.6) is 0 Å². The Morgan fingerprint density at radius 3 is 2.42 bits per heavy atom. The molecule has 0 aromatic heterocycles. The summed E-state index contributed by atoms with van der Waals surface area (Å²) in [5, 5.41) is 2.45. The fourth-order valence-electron chi connectivity index (χ4n) is 2.62. The predicted molar refractivity (Wildman–Crippen MR) is 94.6 cm³/mol. The molecule has 26 heavy (non-hydrogen) atoms. The van der Waals surface area contributed by atoms with Gasteiger partial charge in [-0.1, -0.05) is 0 Å². The number of carbonyl (C=O) groups is 4. The molecule has 1 heterocycles. The maximum absolute atomic E-state index is 12.1. The van der Waals surface area contributed by atoms with E-state index in [0.29, 0.717) is 18.5 Å². The van der Waals surface area contributed by atoms with Crippen molar-refractivity contribution in [2.75, 3.05) is 32.1 Å². The van der Waals surface area contributed by atoms with E-state index in [2.05, 4.69) is 5.32 Å². The lowest BCUT2D eigenvalue weighted by Crippen LogP contribution is -2.38. The number of ether oxygens (including phenoxy) is 1. The summed E-state index contributed by atoms with van der Waals surface area (Å²) in [4.78, 5) is 50.2. The van der Waals surface area contributed by atoms with Crippen LogP contribution in [0.2, 0.25) is 0 Å². The Labute approximate surface area is 152 Å². The first kappa shape index (κ1) is 19.4. The third-order valence-corrected chi connectivity index (χ3v) is 4.00. The fraction of sp³-hybridized carbons (Fsp3) is 0.444. The number of amides is 3. The second-order valence-corrected chi connectivity index (χ2v) is 6.24. The van der Waals surface area contributed by atoms with Gasteiger partial charge in [-0.2, -0.15) is 0 Å². The lowest BCUT2D eigenvalue weighted by Gasteiger charge is -2.17. The van der Waals surface area contributed by atoms with Crippen LogP contribution in [-0.4, -0.2) is 61.9 Å². The average Bonchev–Trinajstić information content (AvgIpc) is 3.04. The largest absolute Gasteiger partial charge is 0.451 e. The number of esters is 1. The van der Waals surface area contributed by atoms with Crippen LogP contribution in [-0.2, 0) is 19.1 Å². The summed E-state index contributed by atoms with van der Waals surface area (Å²) in [5.74, 6) is -1.39. The second kappa shape index (κ2) is 8.46. The van der Waals surface area contributed by atoms with E-state index in [4.69, 9.17) is 4.74 Å². The topological polar surface area (TPSA) is 96.0 Å². The van der Waals surface area contributed by atoms with Crippen molar-refractivity contribution < 1.29 is 23.9 Å². The predicted octanol–water partition coefficient (Wildman–Crippen LogP) is 0.563. The third-order valence-electron chi connectivity index (χ3n) is 4.00. The highest BCUT2D eigenvalue weighted by molar-refractivity contribution is 5.98. The fourth-order valence-corrected chi connectivity index (χ4v) is 2.62. The molecule has 8 nitrogen and oxygen atoms in total. The molecule has 0 bridgehead atoms. The molecule has 1 aromatic rings. The smallest absolute Gasteiger partial charge is 0.326 e. The van der Waals surface area contributed by atoms with Gasteiger partial charge >= 0.3 is 5.97 Å². The van der Waals surface area contributed by atoms with Crippen LogP contribution in [0, 0.1) is 0 Å². The van der Waals surface area contributed by atoms with Crippen LogP contribution in [0.4, 0.5) is 5.69 Å². The second-order valence-electron chi connectivity index (χ2n) is 6.24. The van der Waals surface area contributed by atoms with Crippen molar-refractivity contribution in [3.8, 4) is 0 Å². The molecule has 0 unspecified atom stereocenters. The highest BCUT2D eigenvalue weighted by atomic mass is 16.5. The van der Waals surface area contributed by atoms with Crippen LogP contribution in [0.25, 0.3) is 0 Å². The van der Waals surface area contributed by atoms with Gasteiger partial charge in [-0.3, -0.25) is 19.2 Å². The molecule has 0 radical (unpaired) electrons. The van der Waals surface area contributed by atoms with E-state index in [-0.39, 0.29) is 18.4 Å². The third kappa shape index (κ3) is 4.81. The summed E-state index contributed by atoms with van der Waals surface area (Å²) in [6.45, 7) is 1.82. The molecule has 3 amide bonds. The molecule has 1 N–H and O–H groups in total. The summed E-state index contributed by atoms with van der Waals surface area (Å²) in [5.41, 5.74) is 1.12. The Morgan fingerprint density at radius 2 is 1.88 bits per heavy atom. The Balaban J connectivity index is 1.85. The van der Waals surface area contributed by atoms with E-state index in [0.717, 1.165) is 12.1 Å². The van der Waals surface area contributed by atoms with E-state index in [1.165, 1.54) is 11.8 Å². The van der Waals surface area contributed by atoms with Crippen molar-refractivity contribution in [2.45, 2.75) is 25.9 Å². The van der Waals surface area contributed by atoms with Crippen molar-refractivity contribution in [2.24, 2.45) is 0 Å². The van der Waals surface area contributed by atoms with Gasteiger partial charge in [0.2, 0.25) is 5.91 Å². The maximum Gasteiger partial charge on any atom is 0.326 e. The normalized spacial score (nSPS) is 14.7. The van der Waals surface area contributed by atoms with Gasteiger partial charge in [0.1, 0.15) is 6.54 Å². The molecule has 2 rings (SSSR count). The van der Waals surface area contributed by atoms with Gasteiger partial charge in [-0.25, -0.2) is 0 Å². The minimum absolute atomic E-state index is 0.0753. The van der Waals surface area contributed by atoms with Gasteiger partial charge in [-0.15, -0.1) is 0 Å². The highest BCUT2D eigenvalue weighted by Crippen LogP contribution is 2.21. The quantitative estimate of drug-likeness (QED) is 0.747. The van der Waals surface area contributed by atoms with Crippen molar-refractivity contribution in [3.63, 3.8) is 0 Å². The minimum atomic E-state index is -0.910. The first-order valence-corrected chi connectivity index (χ1v) is 8.39. The van der Waals surface area contributed by atoms with Crippen molar-refractivity contribution >= 4 is 29.4 Å². The zero-order valence-corrected chi connectivity index (χ0v) is 15.2. The highest BCUT2D eigenvalue weighted by Gasteiger charge is 2.22. The van der Waals surface area contributed by atoms with Crippen LogP contribution in [0.3, 0.4) is 0 Å². The van der Waals surface area contributed by atoms with Crippen molar-refractivity contribution in [3.05, 3.63) is 29.8 Å². The molecule has 0 aliphatic carbocycles. The SMILES string of the molecule is C[C@@H](OC(=O)CNC(=O)c1ccc(N2CCCC2=O)cc1)C(=O)N(C)C. The monoisotopic (exact) mass is 361 g/mol. The van der Waals surface area contributed by atoms with E-state index in [1.807, 2.05) is 0 Å². The Kier molecular flexibility index (Phi) is 6.32. The number of carbonyl (C=O) groups excluding carboxylic acids is 4. The number of nitrogens with zero attached hydrogens (tertiary/aromatic N) is 2. The number of hydrogen-bond acceptors (Lipinski definition) is 5. The van der Waals surface area contributed by atoms with Crippen molar-refractivity contribution in [1.82, 2.24) is 10.2 Å². The molecule has 0 spiro atoms. The van der Waals surface area contributed by atoms with Crippen LogP contribution < -0.4 is 10.2 Å². The van der Waals surface area contributed by atoms with Crippen LogP contribution >= 0.6 is 0 Å². The van der Waals surface area contributed by atoms with Gasteiger partial charge in [-0.05, 0) is 37.6 Å². The number of hydrogen-bond donors (Lipinski definition) is 1. The van der Waals surface area contributed by atoms with Gasteiger partial charge in [0, 0.05) is 38.3 Å². The standard InChI is InChI=1S/C18H23N3O5/c1-12(18(25)20(2)3)26-16(23)11-19-17(24)13-6-8-14(9-7-13)21-10-4-5-15(21)22/h6-9,12H,4-5,10-11H2,1-3H3,(H,19,24)/t12-/m1/s1. The molecule has 0 saturated carbocycles. The lowest BCUT2D eigenvalue weighted by molar-refractivity contribution is -0.157. The summed E-state index contributed by atoms with van der Waals surface area (Å²) < 4.78 is 4.97. The van der Waals surface area contributed by atoms with Gasteiger partial charge < -0.3 is 19.9 Å². The number of anilines is 1. The average molecular weight is 361 g/mol. The molecule has 1 atom stereocenters. The van der Waals surface area contributed by atoms with E-state index < -0.39 is 18.0 Å². The molecule has 1 fully saturated rings. The van der Waals surface area contributed by atoms with Gasteiger partial charge in [0.25, 0.3) is 11.8 Å². The molecule has 1 aliphatic heterocycles. The number of rotatable bonds is 6. The first-order valence-electron chi connectivity index (χ1n) is 8.39. The maximum atomic E-state index is 12.1. The Bertz CT molecular complexity index is 699. The van der Waals surface area contributed by atoms with Crippen LogP contribution in [0.1, 0.15) is 30.1 Å². The number of nitrogens with one attached hydrogen (secondary N) is 1. The lowest BCUT2D eigenvalue weighted by atomic mass is 10.2. The van der Waals surface area contributed by atoms with E-state index >= 15 is 0 Å². The van der Waals surface area contributed by atoms with Crippen molar-refractivity contribution in [1.29, 1.82) is 0 Å². The molecular formula is C18H23N3O5. The first-order chi connectivity index (χ1) is 12.3. The number of benzene rings is 1. The summed E-state index contributed by atoms with van der Waals surface area (Å²) in [6, 6.07) is 6.60. The number of likely N-dealkylation sites (N-methyl/N-ethyl adjacent to an activating group) is 1. The molecule has 140 valence electrons. The molecule has 1 saturated heterocycles. The van der Waals surface area contributed by atoms with E-state index in [9.17, 15) is 19.2 Å². The molecular weight excluding hydrogens is 338 g/mol.